The van der Waals surface area contributed by atoms with Crippen molar-refractivity contribution >= 4 is 5.91 Å². The molecule has 0 spiro atoms. The van der Waals surface area contributed by atoms with E-state index in [9.17, 15) is 4.79 Å². The van der Waals surface area contributed by atoms with Gasteiger partial charge in [-0.05, 0) is 18.8 Å². The molecule has 1 saturated carbocycles. The van der Waals surface area contributed by atoms with Gasteiger partial charge < -0.3 is 5.32 Å². The molecule has 2 fully saturated rings. The minimum atomic E-state index is 0.275. The summed E-state index contributed by atoms with van der Waals surface area (Å²) in [6, 6.07) is 0.543. The minimum absolute atomic E-state index is 0.275. The number of nitrogens with one attached hydrogen (secondary N) is 1. The third kappa shape index (κ3) is 0.917. The Morgan fingerprint density at radius 2 is 2.10 bits per heavy atom. The van der Waals surface area contributed by atoms with Gasteiger partial charge in [-0.3, -0.25) is 4.79 Å². The third-order valence-corrected chi connectivity index (χ3v) is 2.70. The van der Waals surface area contributed by atoms with Gasteiger partial charge in [0.15, 0.2) is 0 Å². The van der Waals surface area contributed by atoms with Crippen molar-refractivity contribution in [1.29, 1.82) is 0 Å². The van der Waals surface area contributed by atoms with Crippen LogP contribution >= 0.6 is 0 Å². The summed E-state index contributed by atoms with van der Waals surface area (Å²) in [5.41, 5.74) is 0. The molecular formula is C8H13NO. The van der Waals surface area contributed by atoms with E-state index in [1.165, 1.54) is 25.7 Å². The van der Waals surface area contributed by atoms with Gasteiger partial charge in [-0.25, -0.2) is 0 Å². The number of carbonyl (C=O) groups excluding carboxylic acids is 1. The first kappa shape index (κ1) is 6.20. The number of fused-ring (bicyclic) bond motifs is 1. The van der Waals surface area contributed by atoms with Crippen molar-refractivity contribution < 1.29 is 4.79 Å². The molecule has 1 aliphatic heterocycles. The first-order valence-corrected chi connectivity index (χ1v) is 4.15. The average Bonchev–Trinajstić information content (AvgIpc) is 2.27. The second-order valence-corrected chi connectivity index (χ2v) is 3.42. The Hall–Kier alpha value is -0.530. The Bertz CT molecular complexity index is 139. The molecule has 1 aliphatic carbocycles. The standard InChI is InChI=1S/C8H13NO/c10-8-5-6-3-1-2-4-7(6)9-8/h6-7H,1-5H2,(H,9,10)/t6?,7-/m0/s1. The molecule has 2 nitrogen and oxygen atoms in total. The van der Waals surface area contributed by atoms with Crippen molar-refractivity contribution in [3.05, 3.63) is 0 Å². The monoisotopic (exact) mass is 139 g/mol. The topological polar surface area (TPSA) is 29.1 Å². The number of rotatable bonds is 0. The highest BCUT2D eigenvalue weighted by atomic mass is 16.2. The van der Waals surface area contributed by atoms with Gasteiger partial charge in [0.25, 0.3) is 0 Å². The summed E-state index contributed by atoms with van der Waals surface area (Å²) in [4.78, 5) is 10.9. The zero-order chi connectivity index (χ0) is 6.97. The Kier molecular flexibility index (Phi) is 1.40. The van der Waals surface area contributed by atoms with Crippen LogP contribution in [0.3, 0.4) is 0 Å². The van der Waals surface area contributed by atoms with Gasteiger partial charge in [0, 0.05) is 12.5 Å². The summed E-state index contributed by atoms with van der Waals surface area (Å²) in [7, 11) is 0. The predicted octanol–water partition coefficient (Wildman–Crippen LogP) is 1.07. The zero-order valence-corrected chi connectivity index (χ0v) is 6.10. The van der Waals surface area contributed by atoms with Crippen LogP contribution in [0.1, 0.15) is 32.1 Å². The van der Waals surface area contributed by atoms with E-state index < -0.39 is 0 Å². The van der Waals surface area contributed by atoms with E-state index in [0.29, 0.717) is 12.0 Å². The maximum atomic E-state index is 10.9. The summed E-state index contributed by atoms with van der Waals surface area (Å²) in [6.07, 6.45) is 5.92. The van der Waals surface area contributed by atoms with Crippen molar-refractivity contribution in [2.45, 2.75) is 38.1 Å². The smallest absolute Gasteiger partial charge is 0.220 e. The molecule has 0 aromatic rings. The molecule has 1 saturated heterocycles. The number of carbonyl (C=O) groups is 1. The van der Waals surface area contributed by atoms with Crippen LogP contribution in [0.15, 0.2) is 0 Å². The lowest BCUT2D eigenvalue weighted by Gasteiger charge is -2.23. The van der Waals surface area contributed by atoms with Gasteiger partial charge in [-0.1, -0.05) is 12.8 Å². The van der Waals surface area contributed by atoms with Crippen molar-refractivity contribution in [2.24, 2.45) is 5.92 Å². The van der Waals surface area contributed by atoms with E-state index in [4.69, 9.17) is 0 Å². The third-order valence-electron chi connectivity index (χ3n) is 2.70. The van der Waals surface area contributed by atoms with E-state index >= 15 is 0 Å². The molecule has 1 N–H and O–H groups in total. The highest BCUT2D eigenvalue weighted by molar-refractivity contribution is 5.79. The predicted molar refractivity (Wildman–Crippen MR) is 38.5 cm³/mol. The lowest BCUT2D eigenvalue weighted by molar-refractivity contribution is -0.119. The number of amides is 1. The van der Waals surface area contributed by atoms with E-state index in [1.54, 1.807) is 0 Å². The molecule has 1 heterocycles. The highest BCUT2D eigenvalue weighted by Gasteiger charge is 2.33. The van der Waals surface area contributed by atoms with E-state index in [0.717, 1.165) is 6.42 Å². The molecule has 0 aromatic carbocycles. The molecule has 56 valence electrons. The van der Waals surface area contributed by atoms with Crippen LogP contribution in [0.2, 0.25) is 0 Å². The Morgan fingerprint density at radius 1 is 1.30 bits per heavy atom. The quantitative estimate of drug-likeness (QED) is 0.534. The fourth-order valence-electron chi connectivity index (χ4n) is 2.15. The Morgan fingerprint density at radius 3 is 2.90 bits per heavy atom. The summed E-state index contributed by atoms with van der Waals surface area (Å²) >= 11 is 0. The highest BCUT2D eigenvalue weighted by Crippen LogP contribution is 2.30. The summed E-state index contributed by atoms with van der Waals surface area (Å²) in [5.74, 6) is 0.957. The van der Waals surface area contributed by atoms with Crippen LogP contribution < -0.4 is 5.32 Å². The van der Waals surface area contributed by atoms with Crippen LogP contribution in [-0.4, -0.2) is 11.9 Å². The van der Waals surface area contributed by atoms with Gasteiger partial charge in [-0.15, -0.1) is 0 Å². The summed E-state index contributed by atoms with van der Waals surface area (Å²) in [6.45, 7) is 0. The van der Waals surface area contributed by atoms with Gasteiger partial charge >= 0.3 is 0 Å². The van der Waals surface area contributed by atoms with Crippen LogP contribution in [0.25, 0.3) is 0 Å². The molecule has 2 heteroatoms. The van der Waals surface area contributed by atoms with Crippen molar-refractivity contribution in [2.75, 3.05) is 0 Å². The van der Waals surface area contributed by atoms with Crippen molar-refractivity contribution in [3.63, 3.8) is 0 Å². The molecular weight excluding hydrogens is 126 g/mol. The normalized spacial score (nSPS) is 39.0. The van der Waals surface area contributed by atoms with E-state index in [-0.39, 0.29) is 5.91 Å². The van der Waals surface area contributed by atoms with Crippen LogP contribution in [0.4, 0.5) is 0 Å². The molecule has 2 atom stereocenters. The molecule has 0 bridgehead atoms. The fraction of sp³-hybridized carbons (Fsp3) is 0.875. The Labute approximate surface area is 61.0 Å². The Balaban J connectivity index is 2.04. The molecule has 1 unspecified atom stereocenters. The molecule has 2 rings (SSSR count). The van der Waals surface area contributed by atoms with E-state index in [1.807, 2.05) is 0 Å². The minimum Gasteiger partial charge on any atom is -0.353 e. The largest absolute Gasteiger partial charge is 0.353 e. The second-order valence-electron chi connectivity index (χ2n) is 3.42. The molecule has 2 aliphatic rings. The second kappa shape index (κ2) is 2.26. The van der Waals surface area contributed by atoms with Crippen molar-refractivity contribution in [1.82, 2.24) is 5.32 Å². The SMILES string of the molecule is O=C1CC2CCCC[C@@H]2N1. The first-order valence-electron chi connectivity index (χ1n) is 4.15. The lowest BCUT2D eigenvalue weighted by atomic mass is 9.85. The number of hydrogen-bond acceptors (Lipinski definition) is 1. The van der Waals surface area contributed by atoms with Gasteiger partial charge in [0.2, 0.25) is 5.91 Å². The van der Waals surface area contributed by atoms with E-state index in [2.05, 4.69) is 5.32 Å². The summed E-state index contributed by atoms with van der Waals surface area (Å²) < 4.78 is 0. The fourth-order valence-corrected chi connectivity index (χ4v) is 2.15. The maximum absolute atomic E-state index is 10.9. The average molecular weight is 139 g/mol. The maximum Gasteiger partial charge on any atom is 0.220 e. The summed E-state index contributed by atoms with van der Waals surface area (Å²) in [5, 5.41) is 3.02. The first-order chi connectivity index (χ1) is 4.86. The molecule has 1 amide bonds. The van der Waals surface area contributed by atoms with Gasteiger partial charge in [0.05, 0.1) is 0 Å². The zero-order valence-electron chi connectivity index (χ0n) is 6.10. The van der Waals surface area contributed by atoms with Crippen LogP contribution in [-0.2, 0) is 4.79 Å². The van der Waals surface area contributed by atoms with Crippen LogP contribution in [0.5, 0.6) is 0 Å². The molecule has 0 radical (unpaired) electrons. The molecule has 0 aromatic heterocycles. The van der Waals surface area contributed by atoms with Gasteiger partial charge in [0.1, 0.15) is 0 Å². The number of hydrogen-bond donors (Lipinski definition) is 1. The lowest BCUT2D eigenvalue weighted by Crippen LogP contribution is -2.30. The van der Waals surface area contributed by atoms with Crippen molar-refractivity contribution in [3.8, 4) is 0 Å². The van der Waals surface area contributed by atoms with Gasteiger partial charge in [-0.2, -0.15) is 0 Å². The van der Waals surface area contributed by atoms with Crippen LogP contribution in [0, 0.1) is 5.92 Å². The molecule has 10 heavy (non-hydrogen) atoms.